The van der Waals surface area contributed by atoms with Gasteiger partial charge in [-0.05, 0) is 31.2 Å². The molecule has 0 saturated carbocycles. The Bertz CT molecular complexity index is 268. The van der Waals surface area contributed by atoms with Crippen LogP contribution in [0.1, 0.15) is 30.7 Å². The van der Waals surface area contributed by atoms with E-state index in [-0.39, 0.29) is 0 Å². The fourth-order valence-corrected chi connectivity index (χ4v) is 2.47. The Kier molecular flexibility index (Phi) is 2.81. The van der Waals surface area contributed by atoms with Crippen LogP contribution in [0.25, 0.3) is 0 Å². The van der Waals surface area contributed by atoms with Crippen molar-refractivity contribution in [3.05, 3.63) is 34.5 Å². The maximum Gasteiger partial charge on any atom is 0.0388 e. The molecule has 2 heteroatoms. The minimum Gasteiger partial charge on any atom is -0.306 e. The van der Waals surface area contributed by atoms with E-state index in [0.29, 0.717) is 12.1 Å². The molecule has 1 unspecified atom stereocenters. The molecule has 70 valence electrons. The molecular formula is C11H15NS. The summed E-state index contributed by atoms with van der Waals surface area (Å²) in [5.41, 5.74) is 0. The number of thiophene rings is 1. The first-order valence-electron chi connectivity index (χ1n) is 4.80. The molecule has 13 heavy (non-hydrogen) atoms. The first-order valence-corrected chi connectivity index (χ1v) is 5.68. The van der Waals surface area contributed by atoms with Gasteiger partial charge in [-0.25, -0.2) is 0 Å². The Balaban J connectivity index is 1.88. The number of rotatable bonds is 3. The molecule has 1 aromatic rings. The molecule has 0 fully saturated rings. The lowest BCUT2D eigenvalue weighted by atomic mass is 10.2. The van der Waals surface area contributed by atoms with E-state index in [1.54, 1.807) is 0 Å². The monoisotopic (exact) mass is 193 g/mol. The SMILES string of the molecule is CC(NC1CC=CC1)c1cccs1. The van der Waals surface area contributed by atoms with E-state index < -0.39 is 0 Å². The summed E-state index contributed by atoms with van der Waals surface area (Å²) in [6.07, 6.45) is 6.91. The molecule has 0 aromatic carbocycles. The first-order chi connectivity index (χ1) is 6.36. The quantitative estimate of drug-likeness (QED) is 0.727. The van der Waals surface area contributed by atoms with Crippen LogP contribution >= 0.6 is 11.3 Å². The van der Waals surface area contributed by atoms with Crippen molar-refractivity contribution in [3.8, 4) is 0 Å². The van der Waals surface area contributed by atoms with Crippen molar-refractivity contribution in [3.63, 3.8) is 0 Å². The highest BCUT2D eigenvalue weighted by atomic mass is 32.1. The Morgan fingerprint density at radius 3 is 2.85 bits per heavy atom. The summed E-state index contributed by atoms with van der Waals surface area (Å²) in [5.74, 6) is 0. The lowest BCUT2D eigenvalue weighted by molar-refractivity contribution is 0.476. The van der Waals surface area contributed by atoms with Crippen molar-refractivity contribution in [1.82, 2.24) is 5.32 Å². The maximum atomic E-state index is 3.63. The van der Waals surface area contributed by atoms with Gasteiger partial charge in [0.15, 0.2) is 0 Å². The van der Waals surface area contributed by atoms with Crippen molar-refractivity contribution in [2.24, 2.45) is 0 Å². The van der Waals surface area contributed by atoms with Gasteiger partial charge in [-0.15, -0.1) is 11.3 Å². The molecule has 0 bridgehead atoms. The molecule has 1 nitrogen and oxygen atoms in total. The fourth-order valence-electron chi connectivity index (χ4n) is 1.73. The van der Waals surface area contributed by atoms with Crippen LogP contribution in [0.15, 0.2) is 29.7 Å². The van der Waals surface area contributed by atoms with Crippen molar-refractivity contribution < 1.29 is 0 Å². The van der Waals surface area contributed by atoms with Gasteiger partial charge < -0.3 is 5.32 Å². The third kappa shape index (κ3) is 2.20. The van der Waals surface area contributed by atoms with Crippen molar-refractivity contribution in [2.75, 3.05) is 0 Å². The second-order valence-corrected chi connectivity index (χ2v) is 4.52. The molecule has 1 aliphatic rings. The van der Waals surface area contributed by atoms with Gasteiger partial charge in [0, 0.05) is 17.0 Å². The predicted octanol–water partition coefficient (Wildman–Crippen LogP) is 3.12. The van der Waals surface area contributed by atoms with Crippen molar-refractivity contribution in [2.45, 2.75) is 31.8 Å². The van der Waals surface area contributed by atoms with Crippen LogP contribution in [0.4, 0.5) is 0 Å². The van der Waals surface area contributed by atoms with E-state index in [0.717, 1.165) is 0 Å². The number of hydrogen-bond donors (Lipinski definition) is 1. The minimum atomic E-state index is 0.505. The van der Waals surface area contributed by atoms with E-state index in [4.69, 9.17) is 0 Å². The molecule has 1 heterocycles. The summed E-state index contributed by atoms with van der Waals surface area (Å²) in [5, 5.41) is 5.77. The molecule has 1 N–H and O–H groups in total. The van der Waals surface area contributed by atoms with Crippen LogP contribution in [0, 0.1) is 0 Å². The van der Waals surface area contributed by atoms with Crippen LogP contribution in [0.5, 0.6) is 0 Å². The number of hydrogen-bond acceptors (Lipinski definition) is 2. The molecular weight excluding hydrogens is 178 g/mol. The van der Waals surface area contributed by atoms with Crippen LogP contribution in [0.2, 0.25) is 0 Å². The highest BCUT2D eigenvalue weighted by Crippen LogP contribution is 2.21. The van der Waals surface area contributed by atoms with Crippen LogP contribution in [-0.2, 0) is 0 Å². The summed E-state index contributed by atoms with van der Waals surface area (Å²) in [7, 11) is 0. The Labute approximate surface area is 83.5 Å². The van der Waals surface area contributed by atoms with Crippen LogP contribution in [-0.4, -0.2) is 6.04 Å². The zero-order valence-corrected chi connectivity index (χ0v) is 8.68. The van der Waals surface area contributed by atoms with E-state index in [2.05, 4.69) is 41.9 Å². The van der Waals surface area contributed by atoms with Gasteiger partial charge in [0.05, 0.1) is 0 Å². The smallest absolute Gasteiger partial charge is 0.0388 e. The largest absolute Gasteiger partial charge is 0.306 e. The molecule has 1 aliphatic carbocycles. The first kappa shape index (κ1) is 8.97. The van der Waals surface area contributed by atoms with Gasteiger partial charge in [0.2, 0.25) is 0 Å². The molecule has 2 rings (SSSR count). The van der Waals surface area contributed by atoms with Crippen molar-refractivity contribution in [1.29, 1.82) is 0 Å². The Morgan fingerprint density at radius 2 is 2.23 bits per heavy atom. The van der Waals surface area contributed by atoms with Gasteiger partial charge in [-0.3, -0.25) is 0 Å². The zero-order valence-electron chi connectivity index (χ0n) is 7.86. The van der Waals surface area contributed by atoms with E-state index >= 15 is 0 Å². The summed E-state index contributed by atoms with van der Waals surface area (Å²) < 4.78 is 0. The van der Waals surface area contributed by atoms with Gasteiger partial charge >= 0.3 is 0 Å². The van der Waals surface area contributed by atoms with Crippen LogP contribution < -0.4 is 5.32 Å². The predicted molar refractivity (Wildman–Crippen MR) is 58.0 cm³/mol. The summed E-state index contributed by atoms with van der Waals surface area (Å²) in [4.78, 5) is 1.44. The van der Waals surface area contributed by atoms with E-state index in [1.807, 2.05) is 11.3 Å². The highest BCUT2D eigenvalue weighted by Gasteiger charge is 2.14. The van der Waals surface area contributed by atoms with Crippen LogP contribution in [0.3, 0.4) is 0 Å². The molecule has 0 aliphatic heterocycles. The molecule has 0 radical (unpaired) electrons. The van der Waals surface area contributed by atoms with E-state index in [9.17, 15) is 0 Å². The lowest BCUT2D eigenvalue weighted by Crippen LogP contribution is -2.28. The average molecular weight is 193 g/mol. The van der Waals surface area contributed by atoms with E-state index in [1.165, 1.54) is 17.7 Å². The maximum absolute atomic E-state index is 3.63. The fraction of sp³-hybridized carbons (Fsp3) is 0.455. The Hall–Kier alpha value is -0.600. The molecule has 1 atom stereocenters. The molecule has 0 spiro atoms. The normalized spacial score (nSPS) is 19.5. The highest BCUT2D eigenvalue weighted by molar-refractivity contribution is 7.10. The second kappa shape index (κ2) is 4.07. The zero-order chi connectivity index (χ0) is 9.10. The van der Waals surface area contributed by atoms with Gasteiger partial charge in [0.1, 0.15) is 0 Å². The molecule has 0 saturated heterocycles. The molecule has 1 aromatic heterocycles. The summed E-state index contributed by atoms with van der Waals surface area (Å²) >= 11 is 1.83. The van der Waals surface area contributed by atoms with Gasteiger partial charge in [0.25, 0.3) is 0 Å². The average Bonchev–Trinajstić information content (AvgIpc) is 2.74. The summed E-state index contributed by atoms with van der Waals surface area (Å²) in [6.45, 7) is 2.24. The number of nitrogens with one attached hydrogen (secondary N) is 1. The van der Waals surface area contributed by atoms with Crippen molar-refractivity contribution >= 4 is 11.3 Å². The standard InChI is InChI=1S/C11H15NS/c1-9(11-7-4-8-13-11)12-10-5-2-3-6-10/h2-4,7-10,12H,5-6H2,1H3. The Morgan fingerprint density at radius 1 is 1.46 bits per heavy atom. The summed E-state index contributed by atoms with van der Waals surface area (Å²) in [6, 6.07) is 5.48. The third-order valence-corrected chi connectivity index (χ3v) is 3.52. The van der Waals surface area contributed by atoms with Gasteiger partial charge in [-0.2, -0.15) is 0 Å². The second-order valence-electron chi connectivity index (χ2n) is 3.54. The topological polar surface area (TPSA) is 12.0 Å². The third-order valence-electron chi connectivity index (χ3n) is 2.46. The lowest BCUT2D eigenvalue weighted by Gasteiger charge is -2.17. The molecule has 0 amide bonds. The minimum absolute atomic E-state index is 0.505. The van der Waals surface area contributed by atoms with Gasteiger partial charge in [-0.1, -0.05) is 18.2 Å².